The van der Waals surface area contributed by atoms with Crippen LogP contribution < -0.4 is 4.90 Å². The molecule has 0 amide bonds. The molecule has 5 nitrogen and oxygen atoms in total. The van der Waals surface area contributed by atoms with Crippen LogP contribution in [-0.2, 0) is 6.54 Å². The molecular weight excluding hydrogens is 234 g/mol. The van der Waals surface area contributed by atoms with Gasteiger partial charge in [-0.1, -0.05) is 0 Å². The lowest BCUT2D eigenvalue weighted by Crippen LogP contribution is -2.19. The van der Waals surface area contributed by atoms with Crippen molar-refractivity contribution in [3.8, 4) is 6.07 Å². The van der Waals surface area contributed by atoms with Gasteiger partial charge in [0.2, 0.25) is 0 Å². The van der Waals surface area contributed by atoms with Crippen LogP contribution >= 0.6 is 11.3 Å². The summed E-state index contributed by atoms with van der Waals surface area (Å²) < 4.78 is 0. The lowest BCUT2D eigenvalue weighted by Gasteiger charge is -2.16. The molecule has 2 aromatic rings. The van der Waals surface area contributed by atoms with Crippen molar-refractivity contribution in [3.05, 3.63) is 34.2 Å². The second-order valence-corrected chi connectivity index (χ2v) is 4.52. The van der Waals surface area contributed by atoms with Gasteiger partial charge < -0.3 is 4.90 Å². The van der Waals surface area contributed by atoms with Crippen LogP contribution in [0, 0.1) is 18.3 Å². The topological polar surface area (TPSA) is 65.7 Å². The van der Waals surface area contributed by atoms with E-state index in [0.717, 1.165) is 10.7 Å². The van der Waals surface area contributed by atoms with Gasteiger partial charge in [-0.2, -0.15) is 5.26 Å². The first-order valence-electron chi connectivity index (χ1n) is 5.04. The Kier molecular flexibility index (Phi) is 3.30. The summed E-state index contributed by atoms with van der Waals surface area (Å²) in [6.45, 7) is 2.59. The molecule has 0 atom stereocenters. The van der Waals surface area contributed by atoms with Gasteiger partial charge in [0, 0.05) is 30.5 Å². The van der Waals surface area contributed by atoms with E-state index in [-0.39, 0.29) is 0 Å². The van der Waals surface area contributed by atoms with Gasteiger partial charge in [-0.3, -0.25) is 0 Å². The Morgan fingerprint density at radius 1 is 1.41 bits per heavy atom. The first-order chi connectivity index (χ1) is 8.20. The summed E-state index contributed by atoms with van der Waals surface area (Å²) in [5, 5.41) is 11.9. The zero-order chi connectivity index (χ0) is 12.3. The highest BCUT2D eigenvalue weighted by Crippen LogP contribution is 2.17. The number of thiazole rings is 1. The number of hydrogen-bond acceptors (Lipinski definition) is 6. The summed E-state index contributed by atoms with van der Waals surface area (Å²) >= 11 is 1.60. The lowest BCUT2D eigenvalue weighted by atomic mass is 10.4. The number of anilines is 1. The fraction of sp³-hybridized carbons (Fsp3) is 0.273. The average molecular weight is 245 g/mol. The minimum Gasteiger partial charge on any atom is -0.351 e. The highest BCUT2D eigenvalue weighted by Gasteiger charge is 2.11. The van der Waals surface area contributed by atoms with Crippen LogP contribution in [-0.4, -0.2) is 22.0 Å². The van der Waals surface area contributed by atoms with Gasteiger partial charge in [-0.25, -0.2) is 15.0 Å². The van der Waals surface area contributed by atoms with E-state index in [4.69, 9.17) is 5.26 Å². The smallest absolute Gasteiger partial charge is 0.183 e. The summed E-state index contributed by atoms with van der Waals surface area (Å²) in [5.74, 6) is 0.586. The fourth-order valence-electron chi connectivity index (χ4n) is 1.44. The van der Waals surface area contributed by atoms with Crippen LogP contribution in [0.4, 0.5) is 5.82 Å². The summed E-state index contributed by atoms with van der Waals surface area (Å²) in [7, 11) is 1.88. The largest absolute Gasteiger partial charge is 0.351 e. The fourth-order valence-corrected chi connectivity index (χ4v) is 2.27. The number of aryl methyl sites for hydroxylation is 1. The highest BCUT2D eigenvalue weighted by molar-refractivity contribution is 7.09. The van der Waals surface area contributed by atoms with E-state index >= 15 is 0 Å². The predicted octanol–water partition coefficient (Wildman–Crippen LogP) is 1.75. The zero-order valence-corrected chi connectivity index (χ0v) is 10.4. The third-order valence-corrected chi connectivity index (χ3v) is 3.14. The standard InChI is InChI=1S/C11H11N5S/c1-8-7-17-10(15-8)6-16(2)11-9(5-12)13-3-4-14-11/h3-4,7H,6H2,1-2H3. The van der Waals surface area contributed by atoms with Crippen molar-refractivity contribution in [1.82, 2.24) is 15.0 Å². The van der Waals surface area contributed by atoms with Crippen LogP contribution in [0.5, 0.6) is 0 Å². The molecule has 0 aliphatic heterocycles. The third kappa shape index (κ3) is 2.57. The van der Waals surface area contributed by atoms with E-state index in [0.29, 0.717) is 18.1 Å². The Labute approximate surface area is 103 Å². The zero-order valence-electron chi connectivity index (χ0n) is 9.58. The third-order valence-electron chi connectivity index (χ3n) is 2.19. The Hall–Kier alpha value is -2.00. The van der Waals surface area contributed by atoms with Crippen molar-refractivity contribution in [1.29, 1.82) is 5.26 Å². The summed E-state index contributed by atoms with van der Waals surface area (Å²) in [5.41, 5.74) is 1.35. The normalized spacial score (nSPS) is 9.94. The minimum absolute atomic E-state index is 0.336. The molecule has 2 aromatic heterocycles. The minimum atomic E-state index is 0.336. The molecule has 0 saturated carbocycles. The van der Waals surface area contributed by atoms with Crippen molar-refractivity contribution >= 4 is 17.2 Å². The van der Waals surface area contributed by atoms with Crippen LogP contribution in [0.25, 0.3) is 0 Å². The predicted molar refractivity (Wildman–Crippen MR) is 65.7 cm³/mol. The Balaban J connectivity index is 2.20. The molecule has 2 rings (SSSR count). The molecule has 2 heterocycles. The van der Waals surface area contributed by atoms with E-state index in [1.807, 2.05) is 30.3 Å². The van der Waals surface area contributed by atoms with Gasteiger partial charge in [0.1, 0.15) is 11.1 Å². The lowest BCUT2D eigenvalue weighted by molar-refractivity contribution is 0.872. The Bertz CT molecular complexity index is 557. The van der Waals surface area contributed by atoms with Crippen LogP contribution in [0.1, 0.15) is 16.4 Å². The summed E-state index contributed by atoms with van der Waals surface area (Å²) in [6, 6.07) is 2.04. The van der Waals surface area contributed by atoms with Crippen LogP contribution in [0.15, 0.2) is 17.8 Å². The molecule has 0 bridgehead atoms. The summed E-state index contributed by atoms with van der Waals surface area (Å²) in [4.78, 5) is 14.4. The Morgan fingerprint density at radius 3 is 2.82 bits per heavy atom. The number of nitrogens with zero attached hydrogens (tertiary/aromatic N) is 5. The van der Waals surface area contributed by atoms with E-state index in [1.54, 1.807) is 17.5 Å². The molecule has 6 heteroatoms. The van der Waals surface area contributed by atoms with Gasteiger partial charge in [-0.15, -0.1) is 11.3 Å². The second kappa shape index (κ2) is 4.89. The van der Waals surface area contributed by atoms with Crippen LogP contribution in [0.3, 0.4) is 0 Å². The maximum atomic E-state index is 8.95. The first kappa shape index (κ1) is 11.5. The molecule has 17 heavy (non-hydrogen) atoms. The molecule has 0 spiro atoms. The SMILES string of the molecule is Cc1csc(CN(C)c2nccnc2C#N)n1. The molecule has 86 valence electrons. The quantitative estimate of drug-likeness (QED) is 0.824. The van der Waals surface area contributed by atoms with E-state index < -0.39 is 0 Å². The maximum absolute atomic E-state index is 8.95. The van der Waals surface area contributed by atoms with Gasteiger partial charge >= 0.3 is 0 Å². The molecule has 0 fully saturated rings. The monoisotopic (exact) mass is 245 g/mol. The van der Waals surface area contributed by atoms with Gasteiger partial charge in [0.05, 0.1) is 6.54 Å². The van der Waals surface area contributed by atoms with Crippen molar-refractivity contribution in [2.24, 2.45) is 0 Å². The molecule has 0 aliphatic carbocycles. The molecule has 0 aliphatic rings. The van der Waals surface area contributed by atoms with E-state index in [2.05, 4.69) is 15.0 Å². The Morgan fingerprint density at radius 2 is 2.18 bits per heavy atom. The van der Waals surface area contributed by atoms with Gasteiger partial charge in [0.15, 0.2) is 11.5 Å². The van der Waals surface area contributed by atoms with Crippen molar-refractivity contribution in [3.63, 3.8) is 0 Å². The molecule has 0 aromatic carbocycles. The molecule has 0 N–H and O–H groups in total. The number of rotatable bonds is 3. The molecule has 0 unspecified atom stereocenters. The number of hydrogen-bond donors (Lipinski definition) is 0. The van der Waals surface area contributed by atoms with Crippen molar-refractivity contribution in [2.75, 3.05) is 11.9 Å². The summed E-state index contributed by atoms with van der Waals surface area (Å²) in [6.07, 6.45) is 3.10. The van der Waals surface area contributed by atoms with E-state index in [9.17, 15) is 0 Å². The second-order valence-electron chi connectivity index (χ2n) is 3.58. The van der Waals surface area contributed by atoms with Gasteiger partial charge in [-0.05, 0) is 6.92 Å². The number of nitriles is 1. The van der Waals surface area contributed by atoms with Crippen LogP contribution in [0.2, 0.25) is 0 Å². The van der Waals surface area contributed by atoms with Crippen molar-refractivity contribution < 1.29 is 0 Å². The molecule has 0 radical (unpaired) electrons. The molecule has 0 saturated heterocycles. The van der Waals surface area contributed by atoms with Crippen molar-refractivity contribution in [2.45, 2.75) is 13.5 Å². The van der Waals surface area contributed by atoms with E-state index in [1.165, 1.54) is 6.20 Å². The first-order valence-corrected chi connectivity index (χ1v) is 5.92. The van der Waals surface area contributed by atoms with Gasteiger partial charge in [0.25, 0.3) is 0 Å². The molecular formula is C11H11N5S. The number of aromatic nitrogens is 3. The average Bonchev–Trinajstić information content (AvgIpc) is 2.74. The maximum Gasteiger partial charge on any atom is 0.183 e. The highest BCUT2D eigenvalue weighted by atomic mass is 32.1.